The second-order valence-electron chi connectivity index (χ2n) is 6.75. The molecule has 22 heavy (non-hydrogen) atoms. The van der Waals surface area contributed by atoms with E-state index in [9.17, 15) is 4.79 Å². The molecule has 122 valence electrons. The van der Waals surface area contributed by atoms with Crippen LogP contribution in [0.25, 0.3) is 0 Å². The van der Waals surface area contributed by atoms with Crippen molar-refractivity contribution in [2.45, 2.75) is 65.0 Å². The van der Waals surface area contributed by atoms with Crippen molar-refractivity contribution in [1.29, 1.82) is 0 Å². The molecule has 2 aliphatic carbocycles. The zero-order chi connectivity index (χ0) is 15.9. The molecular formula is C17H26N2O3. The number of amides is 1. The molecule has 0 aliphatic heterocycles. The first kappa shape index (κ1) is 15.5. The fraction of sp³-hybridized carbons (Fsp3) is 0.765. The van der Waals surface area contributed by atoms with E-state index in [1.807, 2.05) is 18.9 Å². The Labute approximate surface area is 132 Å². The SMILES string of the molecule is CCO[C@@H]1C[C@@H](N(C)C(=O)c2c(C)noc2C)C12CCCC2. The van der Waals surface area contributed by atoms with Crippen molar-refractivity contribution in [2.24, 2.45) is 5.41 Å². The number of hydrogen-bond acceptors (Lipinski definition) is 4. The van der Waals surface area contributed by atoms with Gasteiger partial charge in [-0.1, -0.05) is 18.0 Å². The van der Waals surface area contributed by atoms with Gasteiger partial charge in [-0.05, 0) is 40.0 Å². The van der Waals surface area contributed by atoms with Gasteiger partial charge < -0.3 is 14.2 Å². The Morgan fingerprint density at radius 1 is 1.41 bits per heavy atom. The molecule has 2 fully saturated rings. The van der Waals surface area contributed by atoms with Crippen molar-refractivity contribution >= 4 is 5.91 Å². The lowest BCUT2D eigenvalue weighted by Crippen LogP contribution is -2.64. The predicted octanol–water partition coefficient (Wildman–Crippen LogP) is 3.10. The number of carbonyl (C=O) groups is 1. The van der Waals surface area contributed by atoms with Crippen LogP contribution in [0.3, 0.4) is 0 Å². The Balaban J connectivity index is 1.80. The van der Waals surface area contributed by atoms with Gasteiger partial charge in [0.05, 0.1) is 11.8 Å². The Bertz CT molecular complexity index is 541. The van der Waals surface area contributed by atoms with Crippen molar-refractivity contribution in [3.8, 4) is 0 Å². The number of nitrogens with zero attached hydrogens (tertiary/aromatic N) is 2. The fourth-order valence-electron chi connectivity index (χ4n) is 4.50. The Morgan fingerprint density at radius 3 is 2.64 bits per heavy atom. The topological polar surface area (TPSA) is 55.6 Å². The summed E-state index contributed by atoms with van der Waals surface area (Å²) in [6.45, 7) is 6.43. The summed E-state index contributed by atoms with van der Waals surface area (Å²) in [6.07, 6.45) is 6.08. The Morgan fingerprint density at radius 2 is 2.09 bits per heavy atom. The highest BCUT2D eigenvalue weighted by Crippen LogP contribution is 2.56. The highest BCUT2D eigenvalue weighted by atomic mass is 16.5. The standard InChI is InChI=1S/C17H26N2O3/c1-5-21-14-10-13(17(14)8-6-7-9-17)19(4)16(20)15-11(2)18-22-12(15)3/h13-14H,5-10H2,1-4H3/t13-,14-/m1/s1. The van der Waals surface area contributed by atoms with E-state index in [4.69, 9.17) is 9.26 Å². The van der Waals surface area contributed by atoms with E-state index in [0.29, 0.717) is 23.1 Å². The second-order valence-corrected chi connectivity index (χ2v) is 6.75. The van der Waals surface area contributed by atoms with Crippen LogP contribution in [0.1, 0.15) is 60.8 Å². The summed E-state index contributed by atoms with van der Waals surface area (Å²) in [6, 6.07) is 0.271. The van der Waals surface area contributed by atoms with Crippen LogP contribution in [0, 0.1) is 19.3 Å². The van der Waals surface area contributed by atoms with E-state index in [1.54, 1.807) is 6.92 Å². The minimum Gasteiger partial charge on any atom is -0.378 e. The molecule has 0 radical (unpaired) electrons. The van der Waals surface area contributed by atoms with Gasteiger partial charge in [0.1, 0.15) is 11.3 Å². The monoisotopic (exact) mass is 306 g/mol. The van der Waals surface area contributed by atoms with Gasteiger partial charge in [0.25, 0.3) is 5.91 Å². The maximum atomic E-state index is 12.9. The smallest absolute Gasteiger partial charge is 0.259 e. The minimum absolute atomic E-state index is 0.0301. The van der Waals surface area contributed by atoms with Crippen LogP contribution in [0.15, 0.2) is 4.52 Å². The zero-order valence-corrected chi connectivity index (χ0v) is 14.0. The lowest BCUT2D eigenvalue weighted by molar-refractivity contribution is -0.152. The summed E-state index contributed by atoms with van der Waals surface area (Å²) in [5, 5.41) is 3.91. The van der Waals surface area contributed by atoms with Gasteiger partial charge in [0.2, 0.25) is 0 Å². The molecule has 2 atom stereocenters. The molecule has 0 bridgehead atoms. The largest absolute Gasteiger partial charge is 0.378 e. The molecule has 5 nitrogen and oxygen atoms in total. The van der Waals surface area contributed by atoms with E-state index in [1.165, 1.54) is 25.7 Å². The lowest BCUT2D eigenvalue weighted by Gasteiger charge is -2.57. The fourth-order valence-corrected chi connectivity index (χ4v) is 4.50. The third-order valence-corrected chi connectivity index (χ3v) is 5.68. The van der Waals surface area contributed by atoms with Gasteiger partial charge in [-0.15, -0.1) is 0 Å². The summed E-state index contributed by atoms with van der Waals surface area (Å²) >= 11 is 0. The highest BCUT2D eigenvalue weighted by Gasteiger charge is 2.59. The summed E-state index contributed by atoms with van der Waals surface area (Å²) in [5.74, 6) is 0.637. The third-order valence-electron chi connectivity index (χ3n) is 5.68. The average molecular weight is 306 g/mol. The van der Waals surface area contributed by atoms with Gasteiger partial charge >= 0.3 is 0 Å². The first-order valence-electron chi connectivity index (χ1n) is 8.33. The molecule has 0 N–H and O–H groups in total. The maximum absolute atomic E-state index is 12.9. The summed E-state index contributed by atoms with van der Waals surface area (Å²) < 4.78 is 11.1. The lowest BCUT2D eigenvalue weighted by atomic mass is 9.60. The quantitative estimate of drug-likeness (QED) is 0.857. The van der Waals surface area contributed by atoms with E-state index < -0.39 is 0 Å². The van der Waals surface area contributed by atoms with Crippen molar-refractivity contribution in [3.05, 3.63) is 17.0 Å². The van der Waals surface area contributed by atoms with Gasteiger partial charge in [-0.3, -0.25) is 4.79 Å². The van der Waals surface area contributed by atoms with Gasteiger partial charge in [0.15, 0.2) is 0 Å². The first-order valence-corrected chi connectivity index (χ1v) is 8.33. The average Bonchev–Trinajstić information content (AvgIpc) is 3.11. The van der Waals surface area contributed by atoms with Crippen molar-refractivity contribution < 1.29 is 14.1 Å². The molecule has 3 rings (SSSR count). The van der Waals surface area contributed by atoms with Crippen molar-refractivity contribution in [3.63, 3.8) is 0 Å². The van der Waals surface area contributed by atoms with Crippen molar-refractivity contribution in [1.82, 2.24) is 10.1 Å². The van der Waals surface area contributed by atoms with Crippen LogP contribution < -0.4 is 0 Å². The van der Waals surface area contributed by atoms with E-state index in [2.05, 4.69) is 12.1 Å². The molecule has 1 spiro atoms. The first-order chi connectivity index (χ1) is 10.5. The van der Waals surface area contributed by atoms with Gasteiger partial charge in [-0.25, -0.2) is 0 Å². The maximum Gasteiger partial charge on any atom is 0.259 e. The molecule has 0 saturated heterocycles. The van der Waals surface area contributed by atoms with Crippen molar-refractivity contribution in [2.75, 3.05) is 13.7 Å². The van der Waals surface area contributed by atoms with Crippen LogP contribution in [-0.2, 0) is 4.74 Å². The molecule has 5 heteroatoms. The molecule has 1 heterocycles. The molecular weight excluding hydrogens is 280 g/mol. The van der Waals surface area contributed by atoms with E-state index >= 15 is 0 Å². The predicted molar refractivity (Wildman–Crippen MR) is 82.8 cm³/mol. The number of aryl methyl sites for hydroxylation is 2. The zero-order valence-electron chi connectivity index (χ0n) is 14.0. The highest BCUT2D eigenvalue weighted by molar-refractivity contribution is 5.96. The number of carbonyl (C=O) groups excluding carboxylic acids is 1. The molecule has 2 saturated carbocycles. The van der Waals surface area contributed by atoms with E-state index in [0.717, 1.165) is 13.0 Å². The van der Waals surface area contributed by atoms with Gasteiger partial charge in [-0.2, -0.15) is 0 Å². The number of ether oxygens (including phenoxy) is 1. The normalized spacial score (nSPS) is 26.2. The van der Waals surface area contributed by atoms with Crippen LogP contribution in [0.5, 0.6) is 0 Å². The number of rotatable bonds is 4. The molecule has 1 aromatic heterocycles. The number of aromatic nitrogens is 1. The molecule has 1 aromatic rings. The van der Waals surface area contributed by atoms with E-state index in [-0.39, 0.29) is 17.4 Å². The molecule has 2 aliphatic rings. The van der Waals surface area contributed by atoms with Crippen LogP contribution in [-0.4, -0.2) is 41.8 Å². The van der Waals surface area contributed by atoms with Crippen LogP contribution >= 0.6 is 0 Å². The summed E-state index contributed by atoms with van der Waals surface area (Å²) in [7, 11) is 1.92. The second kappa shape index (κ2) is 5.69. The summed E-state index contributed by atoms with van der Waals surface area (Å²) in [5.41, 5.74) is 1.46. The Hall–Kier alpha value is -1.36. The summed E-state index contributed by atoms with van der Waals surface area (Å²) in [4.78, 5) is 14.8. The van der Waals surface area contributed by atoms with Crippen LogP contribution in [0.4, 0.5) is 0 Å². The molecule has 0 aromatic carbocycles. The van der Waals surface area contributed by atoms with Crippen LogP contribution in [0.2, 0.25) is 0 Å². The molecule has 0 unspecified atom stereocenters. The molecule has 1 amide bonds. The Kier molecular flexibility index (Phi) is 4.02. The van der Waals surface area contributed by atoms with Gasteiger partial charge in [0, 0.05) is 25.1 Å². The third kappa shape index (κ3) is 2.18. The number of hydrogen-bond donors (Lipinski definition) is 0. The minimum atomic E-state index is 0.0301.